The van der Waals surface area contributed by atoms with Crippen LogP contribution in [0.25, 0.3) is 0 Å². The van der Waals surface area contributed by atoms with Crippen LogP contribution in [-0.2, 0) is 19.1 Å². The predicted molar refractivity (Wildman–Crippen MR) is 380 cm³/mol. The molecule has 0 aromatic rings. The normalized spacial score (nSPS) is 13.1. The molecule has 0 rings (SSSR count). The van der Waals surface area contributed by atoms with Crippen LogP contribution in [0.4, 0.5) is 0 Å². The highest BCUT2D eigenvalue weighted by molar-refractivity contribution is 5.70. The first-order valence-electron chi connectivity index (χ1n) is 36.4. The highest BCUT2D eigenvalue weighted by Gasteiger charge is 2.16. The molecule has 5 heteroatoms. The molecule has 0 saturated heterocycles. The second-order valence-corrected chi connectivity index (χ2v) is 23.9. The first-order valence-corrected chi connectivity index (χ1v) is 36.4. The predicted octanol–water partition coefficient (Wildman–Crippen LogP) is 25.7. The number of carbonyl (C=O) groups excluding carboxylic acids is 2. The summed E-state index contributed by atoms with van der Waals surface area (Å²) in [6.45, 7) is 3.93. The van der Waals surface area contributed by atoms with Gasteiger partial charge in [-0.15, -0.1) is 0 Å². The van der Waals surface area contributed by atoms with Gasteiger partial charge < -0.3 is 14.6 Å². The quantitative estimate of drug-likeness (QED) is 0.0373. The molecule has 0 aliphatic heterocycles. The SMILES string of the molecule is CC/C=C\C/C=C\C/C=C\C/C=C\C/C=C\C/C=C\C/C=C\CCCCCCCCCCCCCC(=O)OC(CO)COC(=O)CCCCCCCCCCCCCCCCCCCCCCCCC/C=C\C/C=C\C/C=C\C/C=C\C/C=C\CC. The lowest BCUT2D eigenvalue weighted by molar-refractivity contribution is -0.161. The molecule has 0 bridgehead atoms. The van der Waals surface area contributed by atoms with E-state index in [0.29, 0.717) is 12.8 Å². The molecule has 86 heavy (non-hydrogen) atoms. The van der Waals surface area contributed by atoms with Crippen LogP contribution < -0.4 is 0 Å². The van der Waals surface area contributed by atoms with E-state index in [1.807, 2.05) is 0 Å². The Kier molecular flexibility index (Phi) is 71.3. The molecule has 1 unspecified atom stereocenters. The van der Waals surface area contributed by atoms with E-state index >= 15 is 0 Å². The van der Waals surface area contributed by atoms with Crippen LogP contribution in [0.5, 0.6) is 0 Å². The van der Waals surface area contributed by atoms with Crippen molar-refractivity contribution in [2.24, 2.45) is 0 Å². The number of rotatable bonds is 66. The lowest BCUT2D eigenvalue weighted by atomic mass is 10.0. The van der Waals surface area contributed by atoms with E-state index in [-0.39, 0.29) is 25.2 Å². The van der Waals surface area contributed by atoms with Crippen LogP contribution in [0, 0.1) is 0 Å². The third kappa shape index (κ3) is 72.3. The van der Waals surface area contributed by atoms with Crippen LogP contribution in [0.15, 0.2) is 146 Å². The van der Waals surface area contributed by atoms with Crippen molar-refractivity contribution in [3.63, 3.8) is 0 Å². The van der Waals surface area contributed by atoms with Gasteiger partial charge in [0.25, 0.3) is 0 Å². The smallest absolute Gasteiger partial charge is 0.306 e. The van der Waals surface area contributed by atoms with Crippen LogP contribution in [0.1, 0.15) is 335 Å². The number of aliphatic hydroxyl groups is 1. The number of hydrogen-bond acceptors (Lipinski definition) is 5. The largest absolute Gasteiger partial charge is 0.462 e. The molecule has 0 fully saturated rings. The van der Waals surface area contributed by atoms with Crippen molar-refractivity contribution in [1.29, 1.82) is 0 Å². The van der Waals surface area contributed by atoms with E-state index in [1.54, 1.807) is 0 Å². The summed E-state index contributed by atoms with van der Waals surface area (Å²) in [6.07, 6.45) is 113. The molecule has 1 atom stereocenters. The summed E-state index contributed by atoms with van der Waals surface area (Å²) in [4.78, 5) is 24.7. The fraction of sp³-hybridized carbons (Fsp3) is 0.679. The summed E-state index contributed by atoms with van der Waals surface area (Å²) in [5.74, 6) is -0.587. The van der Waals surface area contributed by atoms with Gasteiger partial charge in [0, 0.05) is 12.8 Å². The van der Waals surface area contributed by atoms with Crippen molar-refractivity contribution >= 4 is 11.9 Å². The number of hydrogen-bond donors (Lipinski definition) is 1. The zero-order valence-corrected chi connectivity index (χ0v) is 56.3. The summed E-state index contributed by atoms with van der Waals surface area (Å²) in [5, 5.41) is 9.71. The minimum Gasteiger partial charge on any atom is -0.462 e. The van der Waals surface area contributed by atoms with Crippen molar-refractivity contribution in [1.82, 2.24) is 0 Å². The Labute approximate surface area is 533 Å². The van der Waals surface area contributed by atoms with Gasteiger partial charge in [-0.25, -0.2) is 0 Å². The van der Waals surface area contributed by atoms with E-state index in [1.165, 1.54) is 193 Å². The maximum atomic E-state index is 12.4. The maximum Gasteiger partial charge on any atom is 0.306 e. The number of ether oxygens (including phenoxy) is 2. The van der Waals surface area contributed by atoms with Gasteiger partial charge in [-0.3, -0.25) is 9.59 Å². The molecular formula is C81H136O5. The average molecular weight is 1190 g/mol. The van der Waals surface area contributed by atoms with Gasteiger partial charge >= 0.3 is 11.9 Å². The topological polar surface area (TPSA) is 72.8 Å². The fourth-order valence-electron chi connectivity index (χ4n) is 10.3. The zero-order valence-electron chi connectivity index (χ0n) is 56.3. The second-order valence-electron chi connectivity index (χ2n) is 23.9. The summed E-state index contributed by atoms with van der Waals surface area (Å²) in [6, 6.07) is 0. The molecule has 0 aliphatic rings. The highest BCUT2D eigenvalue weighted by atomic mass is 16.6. The summed E-state index contributed by atoms with van der Waals surface area (Å²) in [7, 11) is 0. The zero-order chi connectivity index (χ0) is 61.9. The molecule has 5 nitrogen and oxygen atoms in total. The number of esters is 2. The highest BCUT2D eigenvalue weighted by Crippen LogP contribution is 2.18. The Morgan fingerprint density at radius 2 is 0.465 bits per heavy atom. The first-order chi connectivity index (χ1) is 42.6. The van der Waals surface area contributed by atoms with E-state index in [0.717, 1.165) is 116 Å². The molecule has 0 radical (unpaired) electrons. The summed E-state index contributed by atoms with van der Waals surface area (Å²) >= 11 is 0. The molecule has 1 N–H and O–H groups in total. The Morgan fingerprint density at radius 1 is 0.267 bits per heavy atom. The molecule has 0 aliphatic carbocycles. The minimum atomic E-state index is -0.782. The Balaban J connectivity index is 3.47. The monoisotopic (exact) mass is 1190 g/mol. The van der Waals surface area contributed by atoms with Gasteiger partial charge in [0.15, 0.2) is 6.10 Å². The van der Waals surface area contributed by atoms with E-state index in [9.17, 15) is 14.7 Å². The third-order valence-corrected chi connectivity index (χ3v) is 15.6. The number of aliphatic hydroxyl groups excluding tert-OH is 1. The van der Waals surface area contributed by atoms with Gasteiger partial charge in [-0.1, -0.05) is 352 Å². The Morgan fingerprint density at radius 3 is 0.698 bits per heavy atom. The van der Waals surface area contributed by atoms with E-state index in [2.05, 4.69) is 160 Å². The number of unbranched alkanes of at least 4 members (excludes halogenated alkanes) is 34. The van der Waals surface area contributed by atoms with Crippen LogP contribution in [-0.4, -0.2) is 36.4 Å². The van der Waals surface area contributed by atoms with Crippen molar-refractivity contribution in [2.75, 3.05) is 13.2 Å². The van der Waals surface area contributed by atoms with Gasteiger partial charge in [0.1, 0.15) is 6.61 Å². The number of carbonyl (C=O) groups is 2. The van der Waals surface area contributed by atoms with Crippen LogP contribution in [0.3, 0.4) is 0 Å². The second kappa shape index (κ2) is 75.0. The maximum absolute atomic E-state index is 12.4. The molecular weight excluding hydrogens is 1050 g/mol. The summed E-state index contributed by atoms with van der Waals surface area (Å²) in [5.41, 5.74) is 0. The van der Waals surface area contributed by atoms with Crippen molar-refractivity contribution in [2.45, 2.75) is 341 Å². The van der Waals surface area contributed by atoms with Crippen molar-refractivity contribution in [3.05, 3.63) is 146 Å². The van der Waals surface area contributed by atoms with Gasteiger partial charge in [0.05, 0.1) is 6.61 Å². The van der Waals surface area contributed by atoms with Crippen molar-refractivity contribution in [3.8, 4) is 0 Å². The van der Waals surface area contributed by atoms with Gasteiger partial charge in [0.2, 0.25) is 0 Å². The first kappa shape index (κ1) is 81.8. The lowest BCUT2D eigenvalue weighted by Crippen LogP contribution is -2.28. The van der Waals surface area contributed by atoms with Gasteiger partial charge in [-0.05, 0) is 116 Å². The van der Waals surface area contributed by atoms with Crippen molar-refractivity contribution < 1.29 is 24.2 Å². The minimum absolute atomic E-state index is 0.0700. The summed E-state index contributed by atoms with van der Waals surface area (Å²) < 4.78 is 10.8. The van der Waals surface area contributed by atoms with E-state index < -0.39 is 6.10 Å². The molecule has 0 aromatic heterocycles. The molecule has 0 saturated carbocycles. The molecule has 0 amide bonds. The molecule has 490 valence electrons. The fourth-order valence-corrected chi connectivity index (χ4v) is 10.3. The molecule has 0 aromatic carbocycles. The van der Waals surface area contributed by atoms with Crippen LogP contribution in [0.2, 0.25) is 0 Å². The molecule has 0 heterocycles. The van der Waals surface area contributed by atoms with Crippen LogP contribution >= 0.6 is 0 Å². The molecule has 0 spiro atoms. The Hall–Kier alpha value is -4.22. The van der Waals surface area contributed by atoms with E-state index in [4.69, 9.17) is 9.47 Å². The van der Waals surface area contributed by atoms with Gasteiger partial charge in [-0.2, -0.15) is 0 Å². The average Bonchev–Trinajstić information content (AvgIpc) is 3.55. The third-order valence-electron chi connectivity index (χ3n) is 15.6. The lowest BCUT2D eigenvalue weighted by Gasteiger charge is -2.15. The Bertz CT molecular complexity index is 1780. The number of allylic oxidation sites excluding steroid dienone is 24. The standard InChI is InChI=1S/C81H136O5/c1-3-5-7-9-11-13-15-17-19-21-23-25-27-29-31-33-35-37-38-39-40-41-42-44-45-47-49-51-53-55-57-59-61-63-65-67-69-71-73-75-80(83)85-78-79(77-82)86-81(84)76-74-72-70-68-66-64-62-60-58-56-54-52-50-48-46-43-36-34-32-30-28-26-24-22-20-18-16-14-12-10-8-6-4-2/h5-8,11-14,17-20,23-26,29-32,36,43,48,50,79,82H,3-4,9-10,15-16,21-22,27-28,33-35,37-42,44-47,49,51-78H2,1-2H3/b7-5-,8-6-,13-11-,14-12-,19-17-,20-18-,25-23-,26-24-,31-29-,32-30-,43-36-,50-48-.